The molecule has 7 nitrogen and oxygen atoms in total. The third-order valence-corrected chi connectivity index (χ3v) is 4.14. The number of amides is 1. The first-order valence-electron chi connectivity index (χ1n) is 8.76. The number of likely N-dealkylation sites (tertiary alicyclic amines) is 1. The Morgan fingerprint density at radius 2 is 1.92 bits per heavy atom. The number of para-hydroxylation sites is 1. The van der Waals surface area contributed by atoms with Gasteiger partial charge in [-0.1, -0.05) is 12.1 Å². The van der Waals surface area contributed by atoms with Crippen LogP contribution in [-0.2, 0) is 4.74 Å². The summed E-state index contributed by atoms with van der Waals surface area (Å²) in [4.78, 5) is 35.1. The molecule has 1 N–H and O–H groups in total. The Hall–Kier alpha value is -2.96. The molecule has 0 bridgehead atoms. The summed E-state index contributed by atoms with van der Waals surface area (Å²) in [5.41, 5.74) is 1.34. The van der Waals surface area contributed by atoms with Crippen molar-refractivity contribution in [1.29, 1.82) is 0 Å². The number of nitrogens with zero attached hydrogens (tertiary/aromatic N) is 3. The molecule has 1 saturated heterocycles. The van der Waals surface area contributed by atoms with Crippen molar-refractivity contribution in [3.63, 3.8) is 0 Å². The fourth-order valence-corrected chi connectivity index (χ4v) is 2.94. The molecule has 1 aromatic heterocycles. The summed E-state index contributed by atoms with van der Waals surface area (Å²) in [6.45, 7) is 5.32. The number of carbonyl (C=O) groups excluding carboxylic acids is 2. The Morgan fingerprint density at radius 1 is 1.19 bits per heavy atom. The van der Waals surface area contributed by atoms with E-state index >= 15 is 0 Å². The molecule has 0 unspecified atom stereocenters. The summed E-state index contributed by atoms with van der Waals surface area (Å²) in [5, 5.41) is 3.12. The lowest BCUT2D eigenvalue weighted by molar-refractivity contribution is 0.0527. The zero-order chi connectivity index (χ0) is 18.5. The minimum atomic E-state index is -0.408. The van der Waals surface area contributed by atoms with Crippen molar-refractivity contribution in [2.45, 2.75) is 26.7 Å². The zero-order valence-corrected chi connectivity index (χ0v) is 15.0. The van der Waals surface area contributed by atoms with Gasteiger partial charge in [0.15, 0.2) is 0 Å². The highest BCUT2D eigenvalue weighted by Gasteiger charge is 2.22. The molecule has 2 heterocycles. The fourth-order valence-electron chi connectivity index (χ4n) is 2.94. The molecular weight excluding hydrogens is 332 g/mol. The molecule has 0 saturated carbocycles. The first kappa shape index (κ1) is 17.8. The smallest absolute Gasteiger partial charge is 0.340 e. The summed E-state index contributed by atoms with van der Waals surface area (Å²) < 4.78 is 5.09. The number of esters is 1. The molecule has 0 spiro atoms. The van der Waals surface area contributed by atoms with Gasteiger partial charge in [0.05, 0.1) is 17.9 Å². The van der Waals surface area contributed by atoms with E-state index in [0.717, 1.165) is 25.9 Å². The second kappa shape index (κ2) is 7.95. The third-order valence-electron chi connectivity index (χ3n) is 4.14. The number of aryl methyl sites for hydroxylation is 1. The normalized spacial score (nSPS) is 13.5. The first-order valence-corrected chi connectivity index (χ1v) is 8.76. The fraction of sp³-hybridized carbons (Fsp3) is 0.368. The van der Waals surface area contributed by atoms with E-state index in [-0.39, 0.29) is 5.91 Å². The Labute approximate surface area is 152 Å². The number of nitrogens with one attached hydrogen (secondary N) is 1. The molecule has 0 radical (unpaired) electrons. The summed E-state index contributed by atoms with van der Waals surface area (Å²) in [6, 6.07) is 8.66. The van der Waals surface area contributed by atoms with Crippen LogP contribution in [0.4, 0.5) is 11.5 Å². The van der Waals surface area contributed by atoms with E-state index in [4.69, 9.17) is 4.74 Å². The molecule has 0 aliphatic carbocycles. The minimum Gasteiger partial charge on any atom is -0.462 e. The van der Waals surface area contributed by atoms with E-state index in [1.54, 1.807) is 43.0 Å². The number of hydrogen-bond acceptors (Lipinski definition) is 6. The predicted octanol–water partition coefficient (Wildman–Crippen LogP) is 2.94. The van der Waals surface area contributed by atoms with Gasteiger partial charge in [0, 0.05) is 19.2 Å². The molecule has 2 aromatic rings. The molecule has 136 valence electrons. The van der Waals surface area contributed by atoms with Crippen molar-refractivity contribution < 1.29 is 14.3 Å². The van der Waals surface area contributed by atoms with Gasteiger partial charge in [0.2, 0.25) is 0 Å². The zero-order valence-electron chi connectivity index (χ0n) is 15.0. The highest BCUT2D eigenvalue weighted by Crippen LogP contribution is 2.22. The van der Waals surface area contributed by atoms with E-state index in [0.29, 0.717) is 35.2 Å². The van der Waals surface area contributed by atoms with Crippen molar-refractivity contribution in [1.82, 2.24) is 14.9 Å². The molecule has 3 rings (SSSR count). The van der Waals surface area contributed by atoms with Crippen LogP contribution in [0.15, 0.2) is 30.3 Å². The minimum absolute atomic E-state index is 0.0882. The van der Waals surface area contributed by atoms with Gasteiger partial charge in [0.25, 0.3) is 5.91 Å². The lowest BCUT2D eigenvalue weighted by atomic mass is 10.2. The Bertz CT molecular complexity index is 816. The molecule has 1 amide bonds. The number of ether oxygens (including phenoxy) is 1. The first-order chi connectivity index (χ1) is 12.6. The number of rotatable bonds is 5. The lowest BCUT2D eigenvalue weighted by Crippen LogP contribution is -2.28. The second-order valence-electron chi connectivity index (χ2n) is 6.08. The highest BCUT2D eigenvalue weighted by atomic mass is 16.5. The Balaban J connectivity index is 1.87. The van der Waals surface area contributed by atoms with Crippen LogP contribution in [0.3, 0.4) is 0 Å². The average molecular weight is 354 g/mol. The van der Waals surface area contributed by atoms with Gasteiger partial charge in [-0.25, -0.2) is 14.8 Å². The van der Waals surface area contributed by atoms with E-state index in [2.05, 4.69) is 15.3 Å². The monoisotopic (exact) mass is 354 g/mol. The number of carbonyl (C=O) groups is 2. The topological polar surface area (TPSA) is 84.4 Å². The second-order valence-corrected chi connectivity index (χ2v) is 6.08. The van der Waals surface area contributed by atoms with Crippen LogP contribution in [-0.4, -0.2) is 46.4 Å². The molecule has 1 aliphatic heterocycles. The predicted molar refractivity (Wildman–Crippen MR) is 97.6 cm³/mol. The van der Waals surface area contributed by atoms with Crippen LogP contribution >= 0.6 is 0 Å². The average Bonchev–Trinajstić information content (AvgIpc) is 3.16. The van der Waals surface area contributed by atoms with Gasteiger partial charge in [-0.3, -0.25) is 4.79 Å². The molecule has 7 heteroatoms. The number of hydrogen-bond donors (Lipinski definition) is 1. The maximum absolute atomic E-state index is 12.6. The molecule has 0 atom stereocenters. The van der Waals surface area contributed by atoms with Gasteiger partial charge >= 0.3 is 5.97 Å². The van der Waals surface area contributed by atoms with Gasteiger partial charge in [-0.15, -0.1) is 0 Å². The largest absolute Gasteiger partial charge is 0.462 e. The SMILES string of the molecule is CCOC(=O)c1ccccc1Nc1cc(C(=O)N2CCCC2)nc(C)n1. The summed E-state index contributed by atoms with van der Waals surface area (Å²) >= 11 is 0. The van der Waals surface area contributed by atoms with Gasteiger partial charge < -0.3 is 15.0 Å². The van der Waals surface area contributed by atoms with Crippen molar-refractivity contribution >= 4 is 23.4 Å². The Kier molecular flexibility index (Phi) is 5.46. The van der Waals surface area contributed by atoms with Crippen LogP contribution in [0.2, 0.25) is 0 Å². The summed E-state index contributed by atoms with van der Waals surface area (Å²) in [7, 11) is 0. The summed E-state index contributed by atoms with van der Waals surface area (Å²) in [6.07, 6.45) is 2.04. The maximum atomic E-state index is 12.6. The standard InChI is InChI=1S/C19H22N4O3/c1-3-26-19(25)14-8-4-5-9-15(14)22-17-12-16(20-13(2)21-17)18(24)23-10-6-7-11-23/h4-5,8-9,12H,3,6-7,10-11H2,1-2H3,(H,20,21,22). The molecular formula is C19H22N4O3. The van der Waals surface area contributed by atoms with Crippen LogP contribution < -0.4 is 5.32 Å². The van der Waals surface area contributed by atoms with Crippen molar-refractivity contribution in [2.75, 3.05) is 25.0 Å². The van der Waals surface area contributed by atoms with Gasteiger partial charge in [0.1, 0.15) is 17.3 Å². The molecule has 26 heavy (non-hydrogen) atoms. The van der Waals surface area contributed by atoms with E-state index in [1.807, 2.05) is 6.07 Å². The van der Waals surface area contributed by atoms with Crippen LogP contribution in [0, 0.1) is 6.92 Å². The van der Waals surface area contributed by atoms with Gasteiger partial charge in [-0.2, -0.15) is 0 Å². The van der Waals surface area contributed by atoms with Crippen molar-refractivity contribution in [2.24, 2.45) is 0 Å². The van der Waals surface area contributed by atoms with E-state index < -0.39 is 5.97 Å². The lowest BCUT2D eigenvalue weighted by Gasteiger charge is -2.16. The molecule has 1 fully saturated rings. The van der Waals surface area contributed by atoms with Crippen LogP contribution in [0.25, 0.3) is 0 Å². The Morgan fingerprint density at radius 3 is 2.65 bits per heavy atom. The third kappa shape index (κ3) is 3.99. The van der Waals surface area contributed by atoms with E-state index in [1.165, 1.54) is 0 Å². The molecule has 1 aromatic carbocycles. The van der Waals surface area contributed by atoms with Gasteiger partial charge in [-0.05, 0) is 38.8 Å². The molecule has 1 aliphatic rings. The highest BCUT2D eigenvalue weighted by molar-refractivity contribution is 5.97. The van der Waals surface area contributed by atoms with E-state index in [9.17, 15) is 9.59 Å². The number of anilines is 2. The maximum Gasteiger partial charge on any atom is 0.340 e. The summed E-state index contributed by atoms with van der Waals surface area (Å²) in [5.74, 6) is 0.465. The quantitative estimate of drug-likeness (QED) is 0.831. The van der Waals surface area contributed by atoms with Crippen molar-refractivity contribution in [3.8, 4) is 0 Å². The number of benzene rings is 1. The number of aromatic nitrogens is 2. The van der Waals surface area contributed by atoms with Crippen molar-refractivity contribution in [3.05, 3.63) is 47.4 Å². The van der Waals surface area contributed by atoms with Crippen LogP contribution in [0.1, 0.15) is 46.4 Å². The van der Waals surface area contributed by atoms with Crippen LogP contribution in [0.5, 0.6) is 0 Å².